The molecule has 0 aliphatic carbocycles. The fourth-order valence-corrected chi connectivity index (χ4v) is 2.35. The Labute approximate surface area is 123 Å². The number of benzene rings is 2. The predicted octanol–water partition coefficient (Wildman–Crippen LogP) is 4.45. The maximum Gasteiger partial charge on any atom is 0.0205 e. The Morgan fingerprint density at radius 1 is 0.950 bits per heavy atom. The smallest absolute Gasteiger partial charge is 0.0205 e. The second-order valence-corrected chi connectivity index (χ2v) is 5.81. The van der Waals surface area contributed by atoms with Crippen molar-refractivity contribution < 1.29 is 0 Å². The molecule has 1 nitrogen and oxygen atoms in total. The van der Waals surface area contributed by atoms with Gasteiger partial charge >= 0.3 is 0 Å². The summed E-state index contributed by atoms with van der Waals surface area (Å²) in [4.78, 5) is 0. The van der Waals surface area contributed by atoms with Gasteiger partial charge in [0.1, 0.15) is 0 Å². The summed E-state index contributed by atoms with van der Waals surface area (Å²) in [6.07, 6.45) is 1.09. The lowest BCUT2D eigenvalue weighted by Crippen LogP contribution is -2.16. The van der Waals surface area contributed by atoms with E-state index in [1.165, 1.54) is 22.3 Å². The average Bonchev–Trinajstić information content (AvgIpc) is 2.44. The summed E-state index contributed by atoms with van der Waals surface area (Å²) in [6, 6.07) is 17.7. The fourth-order valence-electron chi connectivity index (χ4n) is 2.35. The summed E-state index contributed by atoms with van der Waals surface area (Å²) < 4.78 is 0. The molecule has 1 N–H and O–H groups in total. The van der Waals surface area contributed by atoms with Gasteiger partial charge in [0.15, 0.2) is 0 Å². The molecule has 0 aliphatic heterocycles. The van der Waals surface area contributed by atoms with Crippen LogP contribution in [0.25, 0.3) is 0 Å². The lowest BCUT2D eigenvalue weighted by Gasteiger charge is -2.08. The molecule has 106 valence electrons. The van der Waals surface area contributed by atoms with Crippen LogP contribution in [-0.4, -0.2) is 6.54 Å². The molecular weight excluding hydrogens is 242 g/mol. The van der Waals surface area contributed by atoms with Crippen molar-refractivity contribution in [1.29, 1.82) is 0 Å². The van der Waals surface area contributed by atoms with Crippen LogP contribution in [0.1, 0.15) is 42.0 Å². The van der Waals surface area contributed by atoms with Crippen molar-refractivity contribution in [3.05, 3.63) is 70.8 Å². The summed E-state index contributed by atoms with van der Waals surface area (Å²) in [6.45, 7) is 8.58. The molecule has 2 rings (SSSR count). The lowest BCUT2D eigenvalue weighted by molar-refractivity contribution is 0.686. The van der Waals surface area contributed by atoms with E-state index in [1.54, 1.807) is 0 Å². The fraction of sp³-hybridized carbons (Fsp3) is 0.368. The van der Waals surface area contributed by atoms with Gasteiger partial charge in [0, 0.05) is 6.54 Å². The number of hydrogen-bond donors (Lipinski definition) is 1. The van der Waals surface area contributed by atoms with Gasteiger partial charge in [-0.1, -0.05) is 67.9 Å². The molecule has 2 aromatic rings. The molecule has 0 heterocycles. The van der Waals surface area contributed by atoms with Gasteiger partial charge in [-0.3, -0.25) is 0 Å². The highest BCUT2D eigenvalue weighted by Crippen LogP contribution is 2.14. The number of rotatable bonds is 6. The third-order valence-electron chi connectivity index (χ3n) is 3.65. The minimum Gasteiger partial charge on any atom is -0.312 e. The minimum atomic E-state index is 0.610. The molecule has 0 amide bonds. The van der Waals surface area contributed by atoms with E-state index in [4.69, 9.17) is 0 Å². The zero-order valence-corrected chi connectivity index (χ0v) is 12.8. The Balaban J connectivity index is 1.75. The van der Waals surface area contributed by atoms with Crippen molar-refractivity contribution in [3.8, 4) is 0 Å². The maximum absolute atomic E-state index is 3.52. The van der Waals surface area contributed by atoms with Crippen LogP contribution in [0.2, 0.25) is 0 Å². The van der Waals surface area contributed by atoms with Gasteiger partial charge in [0.05, 0.1) is 0 Å². The van der Waals surface area contributed by atoms with Crippen LogP contribution in [0.15, 0.2) is 48.5 Å². The molecule has 0 atom stereocenters. The quantitative estimate of drug-likeness (QED) is 0.762. The van der Waals surface area contributed by atoms with Crippen LogP contribution in [0, 0.1) is 6.92 Å². The van der Waals surface area contributed by atoms with Crippen molar-refractivity contribution in [1.82, 2.24) is 5.32 Å². The van der Waals surface area contributed by atoms with Crippen LogP contribution >= 0.6 is 0 Å². The van der Waals surface area contributed by atoms with Crippen molar-refractivity contribution in [2.75, 3.05) is 6.54 Å². The highest BCUT2D eigenvalue weighted by Gasteiger charge is 1.99. The first kappa shape index (κ1) is 14.8. The summed E-state index contributed by atoms with van der Waals surface area (Å²) in [7, 11) is 0. The van der Waals surface area contributed by atoms with Gasteiger partial charge in [-0.05, 0) is 42.5 Å². The van der Waals surface area contributed by atoms with Crippen molar-refractivity contribution in [2.24, 2.45) is 0 Å². The molecule has 0 aromatic heterocycles. The number of aryl methyl sites for hydroxylation is 1. The first-order valence-electron chi connectivity index (χ1n) is 7.50. The monoisotopic (exact) mass is 267 g/mol. The molecule has 0 saturated heterocycles. The van der Waals surface area contributed by atoms with Gasteiger partial charge < -0.3 is 5.32 Å². The van der Waals surface area contributed by atoms with E-state index in [0.717, 1.165) is 19.5 Å². The van der Waals surface area contributed by atoms with E-state index < -0.39 is 0 Å². The van der Waals surface area contributed by atoms with Crippen LogP contribution < -0.4 is 5.32 Å². The van der Waals surface area contributed by atoms with Crippen LogP contribution in [0.4, 0.5) is 0 Å². The van der Waals surface area contributed by atoms with Crippen molar-refractivity contribution >= 4 is 0 Å². The van der Waals surface area contributed by atoms with E-state index in [9.17, 15) is 0 Å². The third-order valence-corrected chi connectivity index (χ3v) is 3.65. The van der Waals surface area contributed by atoms with Gasteiger partial charge in [-0.25, -0.2) is 0 Å². The number of nitrogens with one attached hydrogen (secondary N) is 1. The van der Waals surface area contributed by atoms with E-state index >= 15 is 0 Å². The summed E-state index contributed by atoms with van der Waals surface area (Å²) in [5.74, 6) is 0.610. The Hall–Kier alpha value is -1.60. The van der Waals surface area contributed by atoms with Crippen molar-refractivity contribution in [3.63, 3.8) is 0 Å². The minimum absolute atomic E-state index is 0.610. The first-order chi connectivity index (χ1) is 9.65. The van der Waals surface area contributed by atoms with Gasteiger partial charge in [-0.2, -0.15) is 0 Å². The molecular formula is C19H25N. The predicted molar refractivity (Wildman–Crippen MR) is 87.1 cm³/mol. The van der Waals surface area contributed by atoms with Gasteiger partial charge in [0.2, 0.25) is 0 Å². The summed E-state index contributed by atoms with van der Waals surface area (Å²) in [5, 5.41) is 3.52. The molecule has 0 saturated carbocycles. The van der Waals surface area contributed by atoms with E-state index in [-0.39, 0.29) is 0 Å². The molecule has 1 heteroatoms. The summed E-state index contributed by atoms with van der Waals surface area (Å²) >= 11 is 0. The van der Waals surface area contributed by atoms with Crippen LogP contribution in [0.5, 0.6) is 0 Å². The molecule has 20 heavy (non-hydrogen) atoms. The first-order valence-corrected chi connectivity index (χ1v) is 7.50. The van der Waals surface area contributed by atoms with E-state index in [1.807, 2.05) is 0 Å². The van der Waals surface area contributed by atoms with Gasteiger partial charge in [-0.15, -0.1) is 0 Å². The SMILES string of the molecule is Cc1cccc(CCNCc2ccc(C(C)C)cc2)c1. The Bertz CT molecular complexity index is 526. The van der Waals surface area contributed by atoms with Crippen LogP contribution in [-0.2, 0) is 13.0 Å². The van der Waals surface area contributed by atoms with E-state index in [0.29, 0.717) is 5.92 Å². The molecule has 0 aliphatic rings. The zero-order valence-electron chi connectivity index (χ0n) is 12.8. The molecule has 0 fully saturated rings. The molecule has 2 aromatic carbocycles. The Morgan fingerprint density at radius 2 is 1.70 bits per heavy atom. The Morgan fingerprint density at radius 3 is 2.35 bits per heavy atom. The molecule has 0 unspecified atom stereocenters. The van der Waals surface area contributed by atoms with Crippen LogP contribution in [0.3, 0.4) is 0 Å². The zero-order chi connectivity index (χ0) is 14.4. The molecule has 0 radical (unpaired) electrons. The second kappa shape index (κ2) is 7.25. The Kier molecular flexibility index (Phi) is 5.37. The van der Waals surface area contributed by atoms with Gasteiger partial charge in [0.25, 0.3) is 0 Å². The topological polar surface area (TPSA) is 12.0 Å². The van der Waals surface area contributed by atoms with E-state index in [2.05, 4.69) is 74.6 Å². The average molecular weight is 267 g/mol. The molecule has 0 bridgehead atoms. The normalized spacial score (nSPS) is 11.0. The van der Waals surface area contributed by atoms with Crippen molar-refractivity contribution in [2.45, 2.75) is 39.7 Å². The summed E-state index contributed by atoms with van der Waals surface area (Å²) in [5.41, 5.74) is 5.52. The standard InChI is InChI=1S/C19H25N/c1-15(2)19-9-7-18(8-10-19)14-20-12-11-17-6-4-5-16(3)13-17/h4-10,13,15,20H,11-12,14H2,1-3H3. The lowest BCUT2D eigenvalue weighted by atomic mass is 10.0. The largest absolute Gasteiger partial charge is 0.312 e. The highest BCUT2D eigenvalue weighted by molar-refractivity contribution is 5.25. The second-order valence-electron chi connectivity index (χ2n) is 5.81. The third kappa shape index (κ3) is 4.50. The number of hydrogen-bond acceptors (Lipinski definition) is 1. The highest BCUT2D eigenvalue weighted by atomic mass is 14.8. The molecule has 0 spiro atoms. The maximum atomic E-state index is 3.52.